The first kappa shape index (κ1) is 20.4. The van der Waals surface area contributed by atoms with E-state index < -0.39 is 6.61 Å². The second-order valence-corrected chi connectivity index (χ2v) is 6.41. The molecule has 0 radical (unpaired) electrons. The smallest absolute Gasteiger partial charge is 0.387 e. The van der Waals surface area contributed by atoms with Gasteiger partial charge in [-0.1, -0.05) is 36.3 Å². The summed E-state index contributed by atoms with van der Waals surface area (Å²) >= 11 is 0. The van der Waals surface area contributed by atoms with Crippen molar-refractivity contribution in [3.05, 3.63) is 65.5 Å². The molecule has 0 saturated heterocycles. The van der Waals surface area contributed by atoms with Gasteiger partial charge in [-0.15, -0.1) is 0 Å². The number of alkyl halides is 2. The highest BCUT2D eigenvalue weighted by Gasteiger charge is 2.17. The Labute approximate surface area is 167 Å². The average Bonchev–Trinajstić information content (AvgIpc) is 3.17. The molecule has 0 aliphatic rings. The number of nitriles is 1. The van der Waals surface area contributed by atoms with Gasteiger partial charge in [0.15, 0.2) is 0 Å². The summed E-state index contributed by atoms with van der Waals surface area (Å²) in [5.74, 6) is 0.581. The van der Waals surface area contributed by atoms with Crippen LogP contribution in [0.5, 0.6) is 5.75 Å². The Morgan fingerprint density at radius 2 is 1.90 bits per heavy atom. The number of hydrogen-bond acceptors (Lipinski definition) is 6. The number of nitrogens with zero attached hydrogens (tertiary/aromatic N) is 4. The Balaban J connectivity index is 1.74. The summed E-state index contributed by atoms with van der Waals surface area (Å²) in [6, 6.07) is 15.8. The highest BCUT2D eigenvalue weighted by atomic mass is 19.3. The number of para-hydroxylation sites is 1. The molecule has 6 nitrogen and oxygen atoms in total. The molecule has 8 heteroatoms. The predicted octanol–water partition coefficient (Wildman–Crippen LogP) is 4.62. The fourth-order valence-corrected chi connectivity index (χ4v) is 2.94. The zero-order valence-corrected chi connectivity index (χ0v) is 15.9. The Morgan fingerprint density at radius 3 is 2.59 bits per heavy atom. The van der Waals surface area contributed by atoms with Crippen LogP contribution in [0.1, 0.15) is 30.4 Å². The minimum atomic E-state index is -2.94. The molecule has 0 spiro atoms. The Hall–Kier alpha value is -3.31. The molecule has 1 aromatic heterocycles. The van der Waals surface area contributed by atoms with Crippen molar-refractivity contribution in [1.82, 2.24) is 15.0 Å². The predicted molar refractivity (Wildman–Crippen MR) is 102 cm³/mol. The summed E-state index contributed by atoms with van der Waals surface area (Å²) in [7, 11) is 0. The van der Waals surface area contributed by atoms with E-state index in [1.165, 1.54) is 6.07 Å². The van der Waals surface area contributed by atoms with E-state index in [2.05, 4.69) is 32.8 Å². The lowest BCUT2D eigenvalue weighted by Gasteiger charge is -2.19. The first-order valence-corrected chi connectivity index (χ1v) is 9.17. The number of halogens is 2. The van der Waals surface area contributed by atoms with E-state index in [1.54, 1.807) is 30.3 Å². The lowest BCUT2D eigenvalue weighted by Crippen LogP contribution is -2.23. The second kappa shape index (κ2) is 9.75. The molecule has 0 aliphatic heterocycles. The Bertz CT molecular complexity index is 967. The molecular weight excluding hydrogens is 378 g/mol. The fourth-order valence-electron chi connectivity index (χ4n) is 2.94. The molecule has 0 amide bonds. The van der Waals surface area contributed by atoms with E-state index >= 15 is 0 Å². The van der Waals surface area contributed by atoms with Crippen LogP contribution in [0.25, 0.3) is 11.4 Å². The summed E-state index contributed by atoms with van der Waals surface area (Å²) in [5, 5.41) is 12.8. The van der Waals surface area contributed by atoms with Crippen molar-refractivity contribution < 1.29 is 18.0 Å². The lowest BCUT2D eigenvalue weighted by atomic mass is 10.1. The lowest BCUT2D eigenvalue weighted by molar-refractivity contribution is -0.0494. The maximum atomic E-state index is 12.6. The summed E-state index contributed by atoms with van der Waals surface area (Å²) in [5.41, 5.74) is 2.02. The zero-order chi connectivity index (χ0) is 20.6. The van der Waals surface area contributed by atoms with Crippen LogP contribution in [0.4, 0.5) is 8.78 Å². The van der Waals surface area contributed by atoms with Gasteiger partial charge in [0.1, 0.15) is 5.75 Å². The normalized spacial score (nSPS) is 11.0. The van der Waals surface area contributed by atoms with Crippen LogP contribution in [0.3, 0.4) is 0 Å². The third kappa shape index (κ3) is 5.59. The molecule has 2 aromatic carbocycles. The highest BCUT2D eigenvalue weighted by Crippen LogP contribution is 2.29. The van der Waals surface area contributed by atoms with Crippen molar-refractivity contribution in [2.45, 2.75) is 33.0 Å². The van der Waals surface area contributed by atoms with E-state index in [0.29, 0.717) is 30.1 Å². The third-order valence-corrected chi connectivity index (χ3v) is 4.20. The van der Waals surface area contributed by atoms with E-state index in [0.717, 1.165) is 18.5 Å². The van der Waals surface area contributed by atoms with Gasteiger partial charge in [0, 0.05) is 6.54 Å². The molecule has 0 N–H and O–H groups in total. The molecule has 0 atom stereocenters. The van der Waals surface area contributed by atoms with Crippen molar-refractivity contribution in [1.29, 1.82) is 5.26 Å². The van der Waals surface area contributed by atoms with Gasteiger partial charge in [-0.2, -0.15) is 19.0 Å². The van der Waals surface area contributed by atoms with Crippen LogP contribution in [0.15, 0.2) is 53.1 Å². The van der Waals surface area contributed by atoms with Crippen molar-refractivity contribution in [3.8, 4) is 23.2 Å². The van der Waals surface area contributed by atoms with E-state index in [1.807, 2.05) is 12.1 Å². The van der Waals surface area contributed by atoms with Gasteiger partial charge >= 0.3 is 6.61 Å². The van der Waals surface area contributed by atoms with Crippen LogP contribution < -0.4 is 4.74 Å². The van der Waals surface area contributed by atoms with Gasteiger partial charge in [-0.05, 0) is 42.8 Å². The number of hydrogen-bond donors (Lipinski definition) is 0. The van der Waals surface area contributed by atoms with Crippen LogP contribution >= 0.6 is 0 Å². The summed E-state index contributed by atoms with van der Waals surface area (Å²) in [4.78, 5) is 6.49. The highest BCUT2D eigenvalue weighted by molar-refractivity contribution is 5.63. The number of benzene rings is 2. The molecule has 1 heterocycles. The van der Waals surface area contributed by atoms with Gasteiger partial charge < -0.3 is 9.26 Å². The molecule has 0 saturated carbocycles. The van der Waals surface area contributed by atoms with Crippen LogP contribution in [-0.4, -0.2) is 28.2 Å². The molecule has 0 aliphatic carbocycles. The molecular formula is C21H20F2N4O2. The summed E-state index contributed by atoms with van der Waals surface area (Å²) in [6.07, 6.45) is 0.933. The maximum absolute atomic E-state index is 12.6. The van der Waals surface area contributed by atoms with Crippen molar-refractivity contribution in [2.75, 3.05) is 6.54 Å². The fraction of sp³-hybridized carbons (Fsp3) is 0.286. The topological polar surface area (TPSA) is 75.2 Å². The Kier molecular flexibility index (Phi) is 6.87. The first-order chi connectivity index (χ1) is 14.1. The molecule has 3 rings (SSSR count). The Morgan fingerprint density at radius 1 is 1.14 bits per heavy atom. The molecule has 150 valence electrons. The molecule has 3 aromatic rings. The molecule has 0 bridgehead atoms. The van der Waals surface area contributed by atoms with E-state index in [4.69, 9.17) is 9.78 Å². The number of aromatic nitrogens is 2. The van der Waals surface area contributed by atoms with Crippen LogP contribution in [-0.2, 0) is 13.1 Å². The van der Waals surface area contributed by atoms with Gasteiger partial charge in [0.25, 0.3) is 0 Å². The SMILES string of the molecule is CCCN(Cc1ccc(C#N)cc1)Cc1nc(-c2ccccc2OC(F)F)no1. The average molecular weight is 398 g/mol. The van der Waals surface area contributed by atoms with Crippen LogP contribution in [0, 0.1) is 11.3 Å². The molecule has 29 heavy (non-hydrogen) atoms. The van der Waals surface area contributed by atoms with Crippen LogP contribution in [0.2, 0.25) is 0 Å². The minimum absolute atomic E-state index is 0.00199. The number of rotatable bonds is 9. The zero-order valence-electron chi connectivity index (χ0n) is 15.9. The maximum Gasteiger partial charge on any atom is 0.387 e. The van der Waals surface area contributed by atoms with Crippen molar-refractivity contribution >= 4 is 0 Å². The summed E-state index contributed by atoms with van der Waals surface area (Å²) in [6.45, 7) is 1.02. The minimum Gasteiger partial charge on any atom is -0.434 e. The van der Waals surface area contributed by atoms with Crippen molar-refractivity contribution in [2.24, 2.45) is 0 Å². The van der Waals surface area contributed by atoms with E-state index in [9.17, 15) is 8.78 Å². The van der Waals surface area contributed by atoms with Crippen molar-refractivity contribution in [3.63, 3.8) is 0 Å². The first-order valence-electron chi connectivity index (χ1n) is 9.17. The quantitative estimate of drug-likeness (QED) is 0.523. The molecule has 0 unspecified atom stereocenters. The van der Waals surface area contributed by atoms with Gasteiger partial charge in [0.05, 0.1) is 23.7 Å². The van der Waals surface area contributed by atoms with E-state index in [-0.39, 0.29) is 11.6 Å². The van der Waals surface area contributed by atoms with Gasteiger partial charge in [-0.25, -0.2) is 0 Å². The monoisotopic (exact) mass is 398 g/mol. The standard InChI is InChI=1S/C21H20F2N4O2/c1-2-11-27(13-16-9-7-15(12-24)8-10-16)14-19-25-20(26-29-19)17-5-3-4-6-18(17)28-21(22)23/h3-10,21H,2,11,13-14H2,1H3. The third-order valence-electron chi connectivity index (χ3n) is 4.20. The van der Waals surface area contributed by atoms with Gasteiger partial charge in [0.2, 0.25) is 11.7 Å². The molecule has 0 fully saturated rings. The number of ether oxygens (including phenoxy) is 1. The summed E-state index contributed by atoms with van der Waals surface area (Å²) < 4.78 is 35.1. The van der Waals surface area contributed by atoms with Gasteiger partial charge in [-0.3, -0.25) is 4.90 Å². The second-order valence-electron chi connectivity index (χ2n) is 6.41. The largest absolute Gasteiger partial charge is 0.434 e.